The van der Waals surface area contributed by atoms with Gasteiger partial charge in [-0.1, -0.05) is 42.5 Å². The summed E-state index contributed by atoms with van der Waals surface area (Å²) in [6, 6.07) is 15.4. The van der Waals surface area contributed by atoms with E-state index in [0.29, 0.717) is 16.8 Å². The van der Waals surface area contributed by atoms with Crippen LogP contribution in [0.1, 0.15) is 22.0 Å². The van der Waals surface area contributed by atoms with Crippen molar-refractivity contribution in [1.29, 1.82) is 0 Å². The van der Waals surface area contributed by atoms with E-state index < -0.39 is 6.10 Å². The van der Waals surface area contributed by atoms with Gasteiger partial charge in [-0.3, -0.25) is 4.79 Å². The van der Waals surface area contributed by atoms with E-state index in [2.05, 4.69) is 0 Å². The van der Waals surface area contributed by atoms with E-state index in [4.69, 9.17) is 5.73 Å². The van der Waals surface area contributed by atoms with Crippen molar-refractivity contribution >= 4 is 11.5 Å². The highest BCUT2D eigenvalue weighted by Gasteiger charge is 2.18. The lowest BCUT2D eigenvalue weighted by atomic mass is 10.00. The number of Topliss-reactive ketones (excluding diaryl/α,β-unsaturated/α-hetero) is 1. The number of carbonyl (C=O) groups excluding carboxylic acids is 1. The molecule has 0 aliphatic heterocycles. The quantitative estimate of drug-likeness (QED) is 0.624. The van der Waals surface area contributed by atoms with Crippen LogP contribution in [0.3, 0.4) is 0 Å². The van der Waals surface area contributed by atoms with Gasteiger partial charge in [0.15, 0.2) is 5.78 Å². The first-order valence-corrected chi connectivity index (χ1v) is 5.31. The van der Waals surface area contributed by atoms with Gasteiger partial charge in [-0.05, 0) is 17.7 Å². The summed E-state index contributed by atoms with van der Waals surface area (Å²) in [7, 11) is 0. The standard InChI is InChI=1S/C14H13NO2/c15-12-8-4-7-11(9-12)14(17)13(16)10-5-2-1-3-6-10/h1-9,14,17H,15H2. The molecule has 3 heteroatoms. The maximum absolute atomic E-state index is 12.0. The van der Waals surface area contributed by atoms with E-state index in [9.17, 15) is 9.90 Å². The molecule has 0 radical (unpaired) electrons. The van der Waals surface area contributed by atoms with Gasteiger partial charge in [0.25, 0.3) is 0 Å². The zero-order valence-corrected chi connectivity index (χ0v) is 9.21. The van der Waals surface area contributed by atoms with E-state index in [1.165, 1.54) is 0 Å². The molecule has 0 saturated heterocycles. The summed E-state index contributed by atoms with van der Waals surface area (Å²) in [6.07, 6.45) is -1.17. The molecule has 0 aliphatic carbocycles. The van der Waals surface area contributed by atoms with Crippen molar-refractivity contribution in [1.82, 2.24) is 0 Å². The van der Waals surface area contributed by atoms with Crippen molar-refractivity contribution in [3.63, 3.8) is 0 Å². The fourth-order valence-corrected chi connectivity index (χ4v) is 1.64. The first-order chi connectivity index (χ1) is 8.18. The highest BCUT2D eigenvalue weighted by Crippen LogP contribution is 2.20. The van der Waals surface area contributed by atoms with Gasteiger partial charge in [-0.2, -0.15) is 0 Å². The molecule has 0 saturated carbocycles. The third-order valence-electron chi connectivity index (χ3n) is 2.53. The summed E-state index contributed by atoms with van der Waals surface area (Å²) in [5.74, 6) is -0.323. The van der Waals surface area contributed by atoms with Crippen LogP contribution < -0.4 is 5.73 Å². The third-order valence-corrected chi connectivity index (χ3v) is 2.53. The number of rotatable bonds is 3. The summed E-state index contributed by atoms with van der Waals surface area (Å²) < 4.78 is 0. The number of nitrogens with two attached hydrogens (primary N) is 1. The fourth-order valence-electron chi connectivity index (χ4n) is 1.64. The Balaban J connectivity index is 2.27. The average molecular weight is 227 g/mol. The molecule has 2 aromatic rings. The predicted octanol–water partition coefficient (Wildman–Crippen LogP) is 2.19. The van der Waals surface area contributed by atoms with Gasteiger partial charge in [-0.15, -0.1) is 0 Å². The zero-order valence-electron chi connectivity index (χ0n) is 9.21. The van der Waals surface area contributed by atoms with Crippen LogP contribution in [0.15, 0.2) is 54.6 Å². The molecule has 17 heavy (non-hydrogen) atoms. The molecule has 0 aromatic heterocycles. The summed E-state index contributed by atoms with van der Waals surface area (Å²) in [5, 5.41) is 9.96. The van der Waals surface area contributed by atoms with Crippen molar-refractivity contribution in [2.75, 3.05) is 5.73 Å². The van der Waals surface area contributed by atoms with E-state index in [1.54, 1.807) is 48.5 Å². The molecule has 2 aromatic carbocycles. The molecule has 3 N–H and O–H groups in total. The Bertz CT molecular complexity index is 523. The number of ketones is 1. The number of carbonyl (C=O) groups is 1. The Hall–Kier alpha value is -2.13. The Morgan fingerprint density at radius 2 is 1.76 bits per heavy atom. The molecule has 86 valence electrons. The van der Waals surface area contributed by atoms with Crippen LogP contribution in [0.5, 0.6) is 0 Å². The minimum atomic E-state index is -1.17. The summed E-state index contributed by atoms with van der Waals surface area (Å²) >= 11 is 0. The molecule has 1 atom stereocenters. The van der Waals surface area contributed by atoms with Gasteiger partial charge in [-0.25, -0.2) is 0 Å². The molecule has 0 bridgehead atoms. The van der Waals surface area contributed by atoms with E-state index in [0.717, 1.165) is 0 Å². The second-order valence-electron chi connectivity index (χ2n) is 3.80. The number of anilines is 1. The molecule has 0 amide bonds. The van der Waals surface area contributed by atoms with E-state index in [1.807, 2.05) is 6.07 Å². The van der Waals surface area contributed by atoms with Gasteiger partial charge in [0.05, 0.1) is 0 Å². The minimum absolute atomic E-state index is 0.323. The molecule has 3 nitrogen and oxygen atoms in total. The Morgan fingerprint density at radius 3 is 2.41 bits per heavy atom. The summed E-state index contributed by atoms with van der Waals surface area (Å²) in [5.41, 5.74) is 7.14. The Kier molecular flexibility index (Phi) is 3.21. The number of hydrogen-bond donors (Lipinski definition) is 2. The second-order valence-corrected chi connectivity index (χ2v) is 3.80. The van der Waals surface area contributed by atoms with Crippen molar-refractivity contribution in [2.45, 2.75) is 6.10 Å². The minimum Gasteiger partial charge on any atom is -0.399 e. The number of benzene rings is 2. The molecular formula is C14H13NO2. The van der Waals surface area contributed by atoms with E-state index >= 15 is 0 Å². The average Bonchev–Trinajstić information content (AvgIpc) is 2.38. The fraction of sp³-hybridized carbons (Fsp3) is 0.0714. The normalized spacial score (nSPS) is 12.1. The van der Waals surface area contributed by atoms with E-state index in [-0.39, 0.29) is 5.78 Å². The van der Waals surface area contributed by atoms with Crippen LogP contribution >= 0.6 is 0 Å². The van der Waals surface area contributed by atoms with Crippen LogP contribution in [0.4, 0.5) is 5.69 Å². The molecule has 0 heterocycles. The topological polar surface area (TPSA) is 63.3 Å². The summed E-state index contributed by atoms with van der Waals surface area (Å²) in [4.78, 5) is 12.0. The molecular weight excluding hydrogens is 214 g/mol. The van der Waals surface area contributed by atoms with Crippen molar-refractivity contribution < 1.29 is 9.90 Å². The molecule has 0 spiro atoms. The maximum atomic E-state index is 12.0. The number of nitrogen functional groups attached to an aromatic ring is 1. The second kappa shape index (κ2) is 4.80. The van der Waals surface area contributed by atoms with Crippen molar-refractivity contribution in [2.24, 2.45) is 0 Å². The predicted molar refractivity (Wildman–Crippen MR) is 66.6 cm³/mol. The van der Waals surface area contributed by atoms with Crippen LogP contribution in [-0.2, 0) is 0 Å². The Labute approximate surface area is 99.5 Å². The lowest BCUT2D eigenvalue weighted by molar-refractivity contribution is 0.0747. The number of hydrogen-bond acceptors (Lipinski definition) is 3. The van der Waals surface area contributed by atoms with Gasteiger partial charge in [0.1, 0.15) is 6.10 Å². The molecule has 1 unspecified atom stereocenters. The first-order valence-electron chi connectivity index (χ1n) is 5.31. The smallest absolute Gasteiger partial charge is 0.195 e. The third kappa shape index (κ3) is 2.52. The molecule has 0 aliphatic rings. The van der Waals surface area contributed by atoms with Crippen molar-refractivity contribution in [3.8, 4) is 0 Å². The monoisotopic (exact) mass is 227 g/mol. The van der Waals surface area contributed by atoms with Crippen LogP contribution in [0.2, 0.25) is 0 Å². The summed E-state index contributed by atoms with van der Waals surface area (Å²) in [6.45, 7) is 0. The number of aliphatic hydroxyl groups excluding tert-OH is 1. The number of aliphatic hydroxyl groups is 1. The molecule has 2 rings (SSSR count). The SMILES string of the molecule is Nc1cccc(C(O)C(=O)c2ccccc2)c1. The lowest BCUT2D eigenvalue weighted by Gasteiger charge is -2.10. The van der Waals surface area contributed by atoms with Gasteiger partial charge >= 0.3 is 0 Å². The van der Waals surface area contributed by atoms with Gasteiger partial charge in [0, 0.05) is 11.3 Å². The van der Waals surface area contributed by atoms with Gasteiger partial charge < -0.3 is 10.8 Å². The molecule has 0 fully saturated rings. The van der Waals surface area contributed by atoms with Crippen LogP contribution in [0.25, 0.3) is 0 Å². The van der Waals surface area contributed by atoms with Crippen molar-refractivity contribution in [3.05, 3.63) is 65.7 Å². The van der Waals surface area contributed by atoms with Crippen LogP contribution in [-0.4, -0.2) is 10.9 Å². The zero-order chi connectivity index (χ0) is 12.3. The highest BCUT2D eigenvalue weighted by atomic mass is 16.3. The first kappa shape index (κ1) is 11.4. The highest BCUT2D eigenvalue weighted by molar-refractivity contribution is 5.99. The Morgan fingerprint density at radius 1 is 1.06 bits per heavy atom. The lowest BCUT2D eigenvalue weighted by Crippen LogP contribution is -2.12. The largest absolute Gasteiger partial charge is 0.399 e. The van der Waals surface area contributed by atoms with Gasteiger partial charge in [0.2, 0.25) is 0 Å². The maximum Gasteiger partial charge on any atom is 0.195 e. The van der Waals surface area contributed by atoms with Crippen LogP contribution in [0, 0.1) is 0 Å².